The molecule has 1 fully saturated rings. The highest BCUT2D eigenvalue weighted by atomic mass is 16.6. The van der Waals surface area contributed by atoms with Gasteiger partial charge in [-0.15, -0.1) is 0 Å². The molecule has 0 saturated carbocycles. The molecule has 3 aliphatic rings. The lowest BCUT2D eigenvalue weighted by atomic mass is 9.77. The Labute approximate surface area is 180 Å². The summed E-state index contributed by atoms with van der Waals surface area (Å²) in [5.41, 5.74) is 0.819. The number of ether oxygens (including phenoxy) is 3. The van der Waals surface area contributed by atoms with Crippen molar-refractivity contribution in [3.8, 4) is 0 Å². The Balaban J connectivity index is 1.79. The molecule has 7 nitrogen and oxygen atoms in total. The highest BCUT2D eigenvalue weighted by molar-refractivity contribution is 6.09. The summed E-state index contributed by atoms with van der Waals surface area (Å²) < 4.78 is 17.1. The largest absolute Gasteiger partial charge is 0.458 e. The van der Waals surface area contributed by atoms with Crippen LogP contribution < -0.4 is 0 Å². The summed E-state index contributed by atoms with van der Waals surface area (Å²) in [5, 5.41) is 0. The number of ketones is 1. The minimum atomic E-state index is -1.64. The van der Waals surface area contributed by atoms with E-state index in [2.05, 4.69) is 0 Å². The van der Waals surface area contributed by atoms with Gasteiger partial charge in [0.1, 0.15) is 12.2 Å². The van der Waals surface area contributed by atoms with Crippen molar-refractivity contribution in [2.45, 2.75) is 51.9 Å². The molecule has 0 bridgehead atoms. The van der Waals surface area contributed by atoms with Gasteiger partial charge in [-0.2, -0.15) is 0 Å². The van der Waals surface area contributed by atoms with Crippen LogP contribution in [-0.4, -0.2) is 41.5 Å². The zero-order chi connectivity index (χ0) is 22.5. The molecule has 1 aromatic rings. The van der Waals surface area contributed by atoms with Gasteiger partial charge in [-0.25, -0.2) is 9.59 Å². The van der Waals surface area contributed by atoms with Crippen molar-refractivity contribution < 1.29 is 33.4 Å². The molecular formula is C24H24O7. The molecule has 31 heavy (non-hydrogen) atoms. The predicted octanol–water partition coefficient (Wildman–Crippen LogP) is 2.94. The maximum absolute atomic E-state index is 12.9. The van der Waals surface area contributed by atoms with E-state index in [0.717, 1.165) is 11.1 Å². The van der Waals surface area contributed by atoms with Gasteiger partial charge in [-0.3, -0.25) is 9.59 Å². The standard InChI is InChI=1S/C24H24O7/c1-12-10-16(26)18-13(2)11-17(29-22(27)15-8-6-5-7-9-15)20-21(19(12)18)30-23(28)24(20,4)31-14(3)25/h5-10,17,19-21H,11H2,1-4H3/t17-,19-,20+,21+,24+/m0/s1. The molecule has 0 N–H and O–H groups in total. The summed E-state index contributed by atoms with van der Waals surface area (Å²) in [6.07, 6.45) is 0.158. The summed E-state index contributed by atoms with van der Waals surface area (Å²) >= 11 is 0. The van der Waals surface area contributed by atoms with Crippen LogP contribution in [0.25, 0.3) is 0 Å². The highest BCUT2D eigenvalue weighted by Gasteiger charge is 2.65. The molecule has 4 rings (SSSR count). The van der Waals surface area contributed by atoms with E-state index in [1.807, 2.05) is 13.8 Å². The number of fused-ring (bicyclic) bond motifs is 3. The van der Waals surface area contributed by atoms with Gasteiger partial charge in [0.25, 0.3) is 0 Å². The monoisotopic (exact) mass is 424 g/mol. The van der Waals surface area contributed by atoms with Crippen molar-refractivity contribution in [1.29, 1.82) is 0 Å². The van der Waals surface area contributed by atoms with Crippen molar-refractivity contribution >= 4 is 23.7 Å². The van der Waals surface area contributed by atoms with Gasteiger partial charge in [-0.1, -0.05) is 29.3 Å². The van der Waals surface area contributed by atoms with Gasteiger partial charge < -0.3 is 14.2 Å². The van der Waals surface area contributed by atoms with Crippen LogP contribution in [0.5, 0.6) is 0 Å². The Bertz CT molecular complexity index is 1040. The first-order valence-electron chi connectivity index (χ1n) is 10.2. The molecule has 2 aliphatic carbocycles. The quantitative estimate of drug-likeness (QED) is 0.544. The fourth-order valence-corrected chi connectivity index (χ4v) is 5.10. The van der Waals surface area contributed by atoms with E-state index in [0.29, 0.717) is 11.1 Å². The van der Waals surface area contributed by atoms with Crippen LogP contribution >= 0.6 is 0 Å². The average Bonchev–Trinajstić information content (AvgIpc) is 3.08. The topological polar surface area (TPSA) is 96.0 Å². The van der Waals surface area contributed by atoms with Crippen molar-refractivity contribution in [3.05, 3.63) is 58.7 Å². The van der Waals surface area contributed by atoms with Gasteiger partial charge in [0, 0.05) is 24.8 Å². The summed E-state index contributed by atoms with van der Waals surface area (Å²) in [7, 11) is 0. The number of esters is 3. The smallest absolute Gasteiger partial charge is 0.351 e. The van der Waals surface area contributed by atoms with Gasteiger partial charge in [0.2, 0.25) is 5.60 Å². The minimum absolute atomic E-state index is 0.133. The summed E-state index contributed by atoms with van der Waals surface area (Å²) in [6, 6.07) is 8.50. The van der Waals surface area contributed by atoms with E-state index in [9.17, 15) is 19.2 Å². The zero-order valence-electron chi connectivity index (χ0n) is 17.8. The lowest BCUT2D eigenvalue weighted by Crippen LogP contribution is -2.50. The van der Waals surface area contributed by atoms with Gasteiger partial charge in [0.05, 0.1) is 11.5 Å². The molecular weight excluding hydrogens is 400 g/mol. The number of carbonyl (C=O) groups excluding carboxylic acids is 4. The van der Waals surface area contributed by atoms with E-state index in [1.165, 1.54) is 13.8 Å². The first-order valence-corrected chi connectivity index (χ1v) is 10.2. The second kappa shape index (κ2) is 7.48. The Morgan fingerprint density at radius 1 is 1.13 bits per heavy atom. The third-order valence-corrected chi connectivity index (χ3v) is 6.38. The van der Waals surface area contributed by atoms with Crippen LogP contribution in [-0.2, 0) is 28.6 Å². The van der Waals surface area contributed by atoms with E-state index >= 15 is 0 Å². The zero-order valence-corrected chi connectivity index (χ0v) is 17.8. The first kappa shape index (κ1) is 21.0. The second-order valence-electron chi connectivity index (χ2n) is 8.53. The molecule has 0 aromatic heterocycles. The molecule has 0 spiro atoms. The fourth-order valence-electron chi connectivity index (χ4n) is 5.10. The number of rotatable bonds is 3. The van der Waals surface area contributed by atoms with Crippen molar-refractivity contribution in [2.24, 2.45) is 11.8 Å². The van der Waals surface area contributed by atoms with Crippen LogP contribution in [0.3, 0.4) is 0 Å². The van der Waals surface area contributed by atoms with Gasteiger partial charge in [0.15, 0.2) is 5.78 Å². The molecule has 1 saturated heterocycles. The van der Waals surface area contributed by atoms with Crippen LogP contribution in [0.4, 0.5) is 0 Å². The van der Waals surface area contributed by atoms with Crippen LogP contribution in [0, 0.1) is 11.8 Å². The van der Waals surface area contributed by atoms with Crippen LogP contribution in [0.1, 0.15) is 44.5 Å². The lowest BCUT2D eigenvalue weighted by molar-refractivity contribution is -0.174. The molecule has 0 unspecified atom stereocenters. The van der Waals surface area contributed by atoms with Crippen molar-refractivity contribution in [2.75, 3.05) is 0 Å². The Morgan fingerprint density at radius 2 is 1.81 bits per heavy atom. The Kier molecular flexibility index (Phi) is 5.07. The van der Waals surface area contributed by atoms with Crippen molar-refractivity contribution in [1.82, 2.24) is 0 Å². The predicted molar refractivity (Wildman–Crippen MR) is 109 cm³/mol. The molecule has 0 amide bonds. The Hall–Kier alpha value is -3.22. The van der Waals surface area contributed by atoms with E-state index in [-0.39, 0.29) is 12.2 Å². The van der Waals surface area contributed by atoms with Crippen LogP contribution in [0.15, 0.2) is 53.1 Å². The third kappa shape index (κ3) is 3.38. The molecule has 5 atom stereocenters. The minimum Gasteiger partial charge on any atom is -0.458 e. The molecule has 1 heterocycles. The maximum Gasteiger partial charge on any atom is 0.351 e. The normalized spacial score (nSPS) is 31.9. The van der Waals surface area contributed by atoms with Crippen LogP contribution in [0.2, 0.25) is 0 Å². The molecule has 7 heteroatoms. The molecule has 1 aliphatic heterocycles. The maximum atomic E-state index is 12.9. The summed E-state index contributed by atoms with van der Waals surface area (Å²) in [4.78, 5) is 50.3. The number of allylic oxidation sites excluding steroid dienone is 1. The molecule has 1 aromatic carbocycles. The molecule has 0 radical (unpaired) electrons. The number of carbonyl (C=O) groups is 4. The fraction of sp³-hybridized carbons (Fsp3) is 0.417. The number of benzene rings is 1. The van der Waals surface area contributed by atoms with Crippen molar-refractivity contribution in [3.63, 3.8) is 0 Å². The SMILES string of the molecule is CC(=O)O[C@@]1(C)C(=O)O[C@@H]2[C@H]3C(C)=CC(=O)C3=C(C)C[C@H](OC(=O)c3ccccc3)[C@H]21. The molecule has 162 valence electrons. The summed E-state index contributed by atoms with van der Waals surface area (Å²) in [5.74, 6) is -3.27. The average molecular weight is 424 g/mol. The first-order chi connectivity index (χ1) is 14.6. The lowest BCUT2D eigenvalue weighted by Gasteiger charge is -2.34. The van der Waals surface area contributed by atoms with E-state index in [4.69, 9.17) is 14.2 Å². The van der Waals surface area contributed by atoms with E-state index < -0.39 is 47.6 Å². The second-order valence-corrected chi connectivity index (χ2v) is 8.53. The van der Waals surface area contributed by atoms with Gasteiger partial charge >= 0.3 is 17.9 Å². The summed E-state index contributed by atoms with van der Waals surface area (Å²) in [6.45, 7) is 6.33. The number of hydrogen-bond acceptors (Lipinski definition) is 7. The number of hydrogen-bond donors (Lipinski definition) is 0. The van der Waals surface area contributed by atoms with Gasteiger partial charge in [-0.05, 0) is 39.0 Å². The van der Waals surface area contributed by atoms with E-state index in [1.54, 1.807) is 36.4 Å². The highest BCUT2D eigenvalue weighted by Crippen LogP contribution is 2.51. The Morgan fingerprint density at radius 3 is 2.45 bits per heavy atom. The third-order valence-electron chi connectivity index (χ3n) is 6.38.